The molecule has 0 fully saturated rings. The molecule has 0 bridgehead atoms. The molecule has 0 aliphatic carbocycles. The molecule has 0 aromatic heterocycles. The molecule has 1 nitrogen and oxygen atoms in total. The molecule has 108 valence electrons. The van der Waals surface area contributed by atoms with Gasteiger partial charge in [0.15, 0.2) is 0 Å². The van der Waals surface area contributed by atoms with E-state index in [0.717, 1.165) is 17.0 Å². The van der Waals surface area contributed by atoms with Crippen LogP contribution in [0.3, 0.4) is 0 Å². The third-order valence-corrected chi connectivity index (χ3v) is 3.88. The van der Waals surface area contributed by atoms with Crippen molar-refractivity contribution >= 4 is 11.6 Å². The molecule has 0 spiro atoms. The standard InChI is InChI=1S/C17H28ClN/c1-2-3-4-5-6-7-8-9-13-17(19)15-11-10-12-16(18)14-15/h10-12,14,17H,2-9,13,19H2,1H3. The van der Waals surface area contributed by atoms with Crippen LogP contribution in [-0.4, -0.2) is 0 Å². The van der Waals surface area contributed by atoms with E-state index in [1.54, 1.807) is 0 Å². The summed E-state index contributed by atoms with van der Waals surface area (Å²) in [4.78, 5) is 0. The molecule has 19 heavy (non-hydrogen) atoms. The van der Waals surface area contributed by atoms with Gasteiger partial charge in [-0.3, -0.25) is 0 Å². The number of benzene rings is 1. The Morgan fingerprint density at radius 1 is 1.00 bits per heavy atom. The van der Waals surface area contributed by atoms with Crippen molar-refractivity contribution in [2.45, 2.75) is 70.8 Å². The smallest absolute Gasteiger partial charge is 0.0409 e. The van der Waals surface area contributed by atoms with Gasteiger partial charge in [-0.2, -0.15) is 0 Å². The maximum absolute atomic E-state index is 6.19. The maximum atomic E-state index is 6.19. The Balaban J connectivity index is 2.06. The van der Waals surface area contributed by atoms with E-state index < -0.39 is 0 Å². The third kappa shape index (κ3) is 7.59. The van der Waals surface area contributed by atoms with Crippen LogP contribution in [0.4, 0.5) is 0 Å². The zero-order chi connectivity index (χ0) is 13.9. The Kier molecular flexibility index (Phi) is 8.94. The molecule has 0 aliphatic rings. The summed E-state index contributed by atoms with van der Waals surface area (Å²) < 4.78 is 0. The topological polar surface area (TPSA) is 26.0 Å². The molecule has 1 rings (SSSR count). The Morgan fingerprint density at radius 2 is 1.63 bits per heavy atom. The summed E-state index contributed by atoms with van der Waals surface area (Å²) in [6.45, 7) is 2.26. The molecule has 0 amide bonds. The summed E-state index contributed by atoms with van der Waals surface area (Å²) in [5.41, 5.74) is 7.35. The van der Waals surface area contributed by atoms with E-state index in [2.05, 4.69) is 13.0 Å². The zero-order valence-corrected chi connectivity index (χ0v) is 13.0. The number of hydrogen-bond donors (Lipinski definition) is 1. The van der Waals surface area contributed by atoms with Crippen LogP contribution >= 0.6 is 11.6 Å². The van der Waals surface area contributed by atoms with Gasteiger partial charge in [-0.1, -0.05) is 82.0 Å². The molecule has 2 heteroatoms. The maximum Gasteiger partial charge on any atom is 0.0409 e. The lowest BCUT2D eigenvalue weighted by molar-refractivity contribution is 0.536. The summed E-state index contributed by atoms with van der Waals surface area (Å²) >= 11 is 5.98. The van der Waals surface area contributed by atoms with Gasteiger partial charge in [0.25, 0.3) is 0 Å². The monoisotopic (exact) mass is 281 g/mol. The lowest BCUT2D eigenvalue weighted by Crippen LogP contribution is -2.09. The van der Waals surface area contributed by atoms with E-state index in [9.17, 15) is 0 Å². The molecule has 1 aromatic rings. The fraction of sp³-hybridized carbons (Fsp3) is 0.647. The second-order valence-electron chi connectivity index (χ2n) is 5.43. The van der Waals surface area contributed by atoms with Crippen molar-refractivity contribution in [3.8, 4) is 0 Å². The lowest BCUT2D eigenvalue weighted by Gasteiger charge is -2.12. The van der Waals surface area contributed by atoms with Crippen molar-refractivity contribution in [1.29, 1.82) is 0 Å². The summed E-state index contributed by atoms with van der Waals surface area (Å²) in [5.74, 6) is 0. The first kappa shape index (κ1) is 16.5. The van der Waals surface area contributed by atoms with Crippen molar-refractivity contribution < 1.29 is 0 Å². The third-order valence-electron chi connectivity index (χ3n) is 3.65. The van der Waals surface area contributed by atoms with Gasteiger partial charge in [-0.05, 0) is 24.1 Å². The van der Waals surface area contributed by atoms with Crippen LogP contribution in [0.1, 0.15) is 76.3 Å². The Morgan fingerprint density at radius 3 is 2.26 bits per heavy atom. The Labute approximate surface area is 123 Å². The fourth-order valence-corrected chi connectivity index (χ4v) is 2.60. The molecule has 0 saturated heterocycles. The molecule has 1 aromatic carbocycles. The van der Waals surface area contributed by atoms with Crippen molar-refractivity contribution in [3.05, 3.63) is 34.9 Å². The van der Waals surface area contributed by atoms with E-state index in [4.69, 9.17) is 17.3 Å². The largest absolute Gasteiger partial charge is 0.324 e. The molecular weight excluding hydrogens is 254 g/mol. The van der Waals surface area contributed by atoms with Gasteiger partial charge >= 0.3 is 0 Å². The van der Waals surface area contributed by atoms with Crippen LogP contribution in [0, 0.1) is 0 Å². The molecule has 0 aliphatic heterocycles. The first-order chi connectivity index (χ1) is 9.24. The van der Waals surface area contributed by atoms with Crippen LogP contribution in [-0.2, 0) is 0 Å². The lowest BCUT2D eigenvalue weighted by atomic mass is 10.0. The number of halogens is 1. The van der Waals surface area contributed by atoms with Gasteiger partial charge in [0.2, 0.25) is 0 Å². The summed E-state index contributed by atoms with van der Waals surface area (Å²) in [7, 11) is 0. The highest BCUT2D eigenvalue weighted by atomic mass is 35.5. The highest BCUT2D eigenvalue weighted by Gasteiger charge is 2.05. The predicted molar refractivity (Wildman–Crippen MR) is 85.6 cm³/mol. The highest BCUT2D eigenvalue weighted by Crippen LogP contribution is 2.21. The molecule has 2 N–H and O–H groups in total. The summed E-state index contributed by atoms with van der Waals surface area (Å²) in [6.07, 6.45) is 11.8. The van der Waals surface area contributed by atoms with Crippen LogP contribution in [0.25, 0.3) is 0 Å². The van der Waals surface area contributed by atoms with Crippen molar-refractivity contribution in [2.24, 2.45) is 5.73 Å². The van der Waals surface area contributed by atoms with Crippen molar-refractivity contribution in [2.75, 3.05) is 0 Å². The average Bonchev–Trinajstić information content (AvgIpc) is 2.41. The quantitative estimate of drug-likeness (QED) is 0.533. The highest BCUT2D eigenvalue weighted by molar-refractivity contribution is 6.30. The molecule has 0 radical (unpaired) electrons. The van der Waals surface area contributed by atoms with Crippen LogP contribution < -0.4 is 5.73 Å². The van der Waals surface area contributed by atoms with E-state index in [0.29, 0.717) is 0 Å². The van der Waals surface area contributed by atoms with Gasteiger partial charge in [0, 0.05) is 11.1 Å². The second-order valence-corrected chi connectivity index (χ2v) is 5.86. The number of hydrogen-bond acceptors (Lipinski definition) is 1. The second kappa shape index (κ2) is 10.3. The minimum absolute atomic E-state index is 0.138. The van der Waals surface area contributed by atoms with Crippen molar-refractivity contribution in [1.82, 2.24) is 0 Å². The van der Waals surface area contributed by atoms with Crippen LogP contribution in [0.5, 0.6) is 0 Å². The van der Waals surface area contributed by atoms with Crippen LogP contribution in [0.15, 0.2) is 24.3 Å². The van der Waals surface area contributed by atoms with Gasteiger partial charge in [0.1, 0.15) is 0 Å². The molecule has 0 saturated carbocycles. The van der Waals surface area contributed by atoms with E-state index in [1.807, 2.05) is 18.2 Å². The normalized spacial score (nSPS) is 12.6. The summed E-state index contributed by atoms with van der Waals surface area (Å²) in [6, 6.07) is 8.07. The number of unbranched alkanes of at least 4 members (excludes halogenated alkanes) is 7. The first-order valence-corrected chi connectivity index (χ1v) is 8.13. The predicted octanol–water partition coefficient (Wildman–Crippen LogP) is 5.87. The molecular formula is C17H28ClN. The molecule has 1 unspecified atom stereocenters. The number of rotatable bonds is 10. The van der Waals surface area contributed by atoms with E-state index in [1.165, 1.54) is 51.4 Å². The van der Waals surface area contributed by atoms with Crippen LogP contribution in [0.2, 0.25) is 5.02 Å². The minimum atomic E-state index is 0.138. The zero-order valence-electron chi connectivity index (χ0n) is 12.2. The average molecular weight is 282 g/mol. The van der Waals surface area contributed by atoms with Gasteiger partial charge in [0.05, 0.1) is 0 Å². The minimum Gasteiger partial charge on any atom is -0.324 e. The van der Waals surface area contributed by atoms with E-state index in [-0.39, 0.29) is 6.04 Å². The van der Waals surface area contributed by atoms with E-state index >= 15 is 0 Å². The van der Waals surface area contributed by atoms with Crippen molar-refractivity contribution in [3.63, 3.8) is 0 Å². The van der Waals surface area contributed by atoms with Gasteiger partial charge < -0.3 is 5.73 Å². The fourth-order valence-electron chi connectivity index (χ4n) is 2.40. The summed E-state index contributed by atoms with van der Waals surface area (Å²) in [5, 5.41) is 0.781. The molecule has 0 heterocycles. The SMILES string of the molecule is CCCCCCCCCCC(N)c1cccc(Cl)c1. The molecule has 1 atom stereocenters. The van der Waals surface area contributed by atoms with Gasteiger partial charge in [-0.25, -0.2) is 0 Å². The Bertz CT molecular complexity index is 338. The first-order valence-electron chi connectivity index (χ1n) is 7.75. The Hall–Kier alpha value is -0.530. The van der Waals surface area contributed by atoms with Gasteiger partial charge in [-0.15, -0.1) is 0 Å². The number of nitrogens with two attached hydrogens (primary N) is 1.